The molecule has 0 saturated carbocycles. The molecule has 0 atom stereocenters. The topological polar surface area (TPSA) is 99.5 Å². The fourth-order valence-corrected chi connectivity index (χ4v) is 3.51. The molecule has 0 aromatic heterocycles. The molecule has 0 radical (unpaired) electrons. The molecule has 1 amide bonds. The fourth-order valence-electron chi connectivity index (χ4n) is 2.10. The van der Waals surface area contributed by atoms with E-state index in [1.807, 2.05) is 6.07 Å². The van der Waals surface area contributed by atoms with E-state index in [-0.39, 0.29) is 4.90 Å². The van der Waals surface area contributed by atoms with E-state index >= 15 is 0 Å². The molecule has 7 nitrogen and oxygen atoms in total. The number of carbonyl (C=O) groups is 1. The predicted octanol–water partition coefficient (Wildman–Crippen LogP) is 0.739. The Morgan fingerprint density at radius 1 is 1.26 bits per heavy atom. The summed E-state index contributed by atoms with van der Waals surface area (Å²) in [5, 5.41) is 11.5. The number of amides is 1. The van der Waals surface area contributed by atoms with Gasteiger partial charge in [-0.2, -0.15) is 9.57 Å². The van der Waals surface area contributed by atoms with Gasteiger partial charge in [-0.15, -0.1) is 0 Å². The van der Waals surface area contributed by atoms with Gasteiger partial charge in [0.1, 0.15) is 5.54 Å². The van der Waals surface area contributed by atoms with Crippen LogP contribution in [-0.4, -0.2) is 50.5 Å². The summed E-state index contributed by atoms with van der Waals surface area (Å²) in [6.45, 7) is 4.57. The molecule has 1 aromatic rings. The maximum Gasteiger partial charge on any atom is 0.252 e. The molecule has 1 aromatic carbocycles. The van der Waals surface area contributed by atoms with Gasteiger partial charge in [-0.1, -0.05) is 0 Å². The smallest absolute Gasteiger partial charge is 0.252 e. The molecule has 1 saturated heterocycles. The van der Waals surface area contributed by atoms with Crippen LogP contribution in [0.15, 0.2) is 29.2 Å². The highest BCUT2D eigenvalue weighted by molar-refractivity contribution is 7.89. The van der Waals surface area contributed by atoms with Gasteiger partial charge in [-0.3, -0.25) is 4.79 Å². The monoisotopic (exact) mass is 337 g/mol. The summed E-state index contributed by atoms with van der Waals surface area (Å²) in [7, 11) is -3.58. The maximum absolute atomic E-state index is 12.5. The highest BCUT2D eigenvalue weighted by Crippen LogP contribution is 2.18. The molecule has 124 valence electrons. The van der Waals surface area contributed by atoms with Gasteiger partial charge in [0.2, 0.25) is 10.0 Å². The van der Waals surface area contributed by atoms with Crippen LogP contribution in [0, 0.1) is 11.3 Å². The highest BCUT2D eigenvalue weighted by Gasteiger charge is 2.26. The molecule has 8 heteroatoms. The lowest BCUT2D eigenvalue weighted by molar-refractivity contribution is 0.0730. The number of sulfonamides is 1. The lowest BCUT2D eigenvalue weighted by Crippen LogP contribution is -2.42. The molecule has 1 aliphatic heterocycles. The number of ether oxygens (including phenoxy) is 1. The Balaban J connectivity index is 2.16. The summed E-state index contributed by atoms with van der Waals surface area (Å²) in [6, 6.07) is 7.66. The van der Waals surface area contributed by atoms with Crippen molar-refractivity contribution < 1.29 is 17.9 Å². The Kier molecular flexibility index (Phi) is 5.04. The van der Waals surface area contributed by atoms with Gasteiger partial charge in [-0.05, 0) is 38.1 Å². The second-order valence-electron chi connectivity index (χ2n) is 5.73. The van der Waals surface area contributed by atoms with E-state index < -0.39 is 21.5 Å². The zero-order chi connectivity index (χ0) is 17.1. The van der Waals surface area contributed by atoms with Crippen LogP contribution in [0.2, 0.25) is 0 Å². The van der Waals surface area contributed by atoms with Crippen molar-refractivity contribution in [3.63, 3.8) is 0 Å². The quantitative estimate of drug-likeness (QED) is 0.873. The van der Waals surface area contributed by atoms with Crippen molar-refractivity contribution in [3.05, 3.63) is 29.8 Å². The summed E-state index contributed by atoms with van der Waals surface area (Å²) in [5.41, 5.74) is -0.690. The van der Waals surface area contributed by atoms with Crippen molar-refractivity contribution in [1.82, 2.24) is 9.62 Å². The summed E-state index contributed by atoms with van der Waals surface area (Å²) >= 11 is 0. The van der Waals surface area contributed by atoms with E-state index in [1.165, 1.54) is 28.6 Å². The molecule has 1 aliphatic rings. The first kappa shape index (κ1) is 17.4. The van der Waals surface area contributed by atoms with Gasteiger partial charge in [0.25, 0.3) is 5.91 Å². The van der Waals surface area contributed by atoms with E-state index in [0.717, 1.165) is 0 Å². The Bertz CT molecular complexity index is 714. The number of rotatable bonds is 4. The molecule has 0 bridgehead atoms. The Morgan fingerprint density at radius 3 is 2.35 bits per heavy atom. The van der Waals surface area contributed by atoms with E-state index in [0.29, 0.717) is 31.9 Å². The minimum Gasteiger partial charge on any atom is -0.379 e. The normalized spacial score (nSPS) is 16.6. The van der Waals surface area contributed by atoms with Crippen molar-refractivity contribution >= 4 is 15.9 Å². The van der Waals surface area contributed by atoms with Crippen molar-refractivity contribution in [2.45, 2.75) is 24.3 Å². The third-order valence-electron chi connectivity index (χ3n) is 3.43. The van der Waals surface area contributed by atoms with Crippen LogP contribution < -0.4 is 5.32 Å². The molecule has 1 fully saturated rings. The summed E-state index contributed by atoms with van der Waals surface area (Å²) in [6.07, 6.45) is 0. The van der Waals surface area contributed by atoms with Crippen molar-refractivity contribution in [2.75, 3.05) is 26.3 Å². The molecule has 0 spiro atoms. The average Bonchev–Trinajstić information content (AvgIpc) is 2.55. The molecule has 2 rings (SSSR count). The van der Waals surface area contributed by atoms with Gasteiger partial charge in [0, 0.05) is 18.7 Å². The van der Waals surface area contributed by atoms with E-state index in [4.69, 9.17) is 10.00 Å². The predicted molar refractivity (Wildman–Crippen MR) is 83.2 cm³/mol. The number of hydrogen-bond acceptors (Lipinski definition) is 5. The van der Waals surface area contributed by atoms with Crippen LogP contribution in [0.25, 0.3) is 0 Å². The summed E-state index contributed by atoms with van der Waals surface area (Å²) < 4.78 is 31.5. The maximum atomic E-state index is 12.5. The van der Waals surface area contributed by atoms with Gasteiger partial charge < -0.3 is 10.1 Å². The number of nitriles is 1. The number of benzene rings is 1. The zero-order valence-corrected chi connectivity index (χ0v) is 13.9. The second kappa shape index (κ2) is 6.66. The SMILES string of the molecule is CC(C)(C#N)NC(=O)c1ccc(S(=O)(=O)N2CCOCC2)cc1. The molecule has 23 heavy (non-hydrogen) atoms. The summed E-state index contributed by atoms with van der Waals surface area (Å²) in [4.78, 5) is 12.2. The highest BCUT2D eigenvalue weighted by atomic mass is 32.2. The Hall–Kier alpha value is -1.95. The van der Waals surface area contributed by atoms with Crippen LogP contribution in [0.3, 0.4) is 0 Å². The van der Waals surface area contributed by atoms with E-state index in [2.05, 4.69) is 5.32 Å². The largest absolute Gasteiger partial charge is 0.379 e. The van der Waals surface area contributed by atoms with Crippen molar-refractivity contribution in [2.24, 2.45) is 0 Å². The van der Waals surface area contributed by atoms with E-state index in [9.17, 15) is 13.2 Å². The Morgan fingerprint density at radius 2 is 1.83 bits per heavy atom. The number of hydrogen-bond donors (Lipinski definition) is 1. The number of nitrogens with one attached hydrogen (secondary N) is 1. The first-order valence-corrected chi connectivity index (χ1v) is 8.62. The minimum atomic E-state index is -3.58. The lowest BCUT2D eigenvalue weighted by atomic mass is 10.1. The number of morpholine rings is 1. The van der Waals surface area contributed by atoms with Gasteiger partial charge >= 0.3 is 0 Å². The van der Waals surface area contributed by atoms with Crippen LogP contribution in [0.1, 0.15) is 24.2 Å². The minimum absolute atomic E-state index is 0.135. The van der Waals surface area contributed by atoms with Crippen LogP contribution >= 0.6 is 0 Å². The molecular weight excluding hydrogens is 318 g/mol. The first-order chi connectivity index (χ1) is 10.8. The summed E-state index contributed by atoms with van der Waals surface area (Å²) in [5.74, 6) is -0.424. The van der Waals surface area contributed by atoms with Crippen LogP contribution in [0.4, 0.5) is 0 Å². The van der Waals surface area contributed by atoms with E-state index in [1.54, 1.807) is 13.8 Å². The van der Waals surface area contributed by atoms with Gasteiger partial charge in [0.15, 0.2) is 0 Å². The average molecular weight is 337 g/mol. The number of nitrogens with zero attached hydrogens (tertiary/aromatic N) is 2. The number of carbonyl (C=O) groups excluding carboxylic acids is 1. The fraction of sp³-hybridized carbons (Fsp3) is 0.467. The van der Waals surface area contributed by atoms with Crippen LogP contribution in [-0.2, 0) is 14.8 Å². The third kappa shape index (κ3) is 4.07. The third-order valence-corrected chi connectivity index (χ3v) is 5.34. The standard InChI is InChI=1S/C15H19N3O4S/c1-15(2,11-16)17-14(19)12-3-5-13(6-4-12)23(20,21)18-7-9-22-10-8-18/h3-6H,7-10H2,1-2H3,(H,17,19). The molecule has 1 heterocycles. The molecule has 0 unspecified atom stereocenters. The molecular formula is C15H19N3O4S. The first-order valence-electron chi connectivity index (χ1n) is 7.18. The molecule has 0 aliphatic carbocycles. The second-order valence-corrected chi connectivity index (χ2v) is 7.67. The lowest BCUT2D eigenvalue weighted by Gasteiger charge is -2.26. The van der Waals surface area contributed by atoms with Crippen molar-refractivity contribution in [3.8, 4) is 6.07 Å². The van der Waals surface area contributed by atoms with Gasteiger partial charge in [-0.25, -0.2) is 8.42 Å². The van der Waals surface area contributed by atoms with Crippen molar-refractivity contribution in [1.29, 1.82) is 5.26 Å². The van der Waals surface area contributed by atoms with Crippen LogP contribution in [0.5, 0.6) is 0 Å². The Labute approximate surface area is 135 Å². The zero-order valence-electron chi connectivity index (χ0n) is 13.1. The van der Waals surface area contributed by atoms with Gasteiger partial charge in [0.05, 0.1) is 24.2 Å². The molecule has 1 N–H and O–H groups in total.